The van der Waals surface area contributed by atoms with Crippen molar-refractivity contribution in [3.63, 3.8) is 0 Å². The van der Waals surface area contributed by atoms with Crippen LogP contribution in [0.2, 0.25) is 0 Å². The molecule has 0 fully saturated rings. The van der Waals surface area contributed by atoms with Gasteiger partial charge in [0.1, 0.15) is 0 Å². The zero-order valence-corrected chi connectivity index (χ0v) is 12.7. The second-order valence-corrected chi connectivity index (χ2v) is 7.10. The van der Waals surface area contributed by atoms with Crippen LogP contribution in [0, 0.1) is 12.8 Å². The predicted molar refractivity (Wildman–Crippen MR) is 73.5 cm³/mol. The van der Waals surface area contributed by atoms with E-state index in [2.05, 4.69) is 34.5 Å². The Morgan fingerprint density at radius 1 is 1.35 bits per heavy atom. The topological polar surface area (TPSA) is 46.2 Å². The van der Waals surface area contributed by atoms with Crippen LogP contribution in [0.3, 0.4) is 0 Å². The lowest BCUT2D eigenvalue weighted by Crippen LogP contribution is -2.26. The van der Waals surface area contributed by atoms with Gasteiger partial charge in [0.2, 0.25) is 10.0 Å². The summed E-state index contributed by atoms with van der Waals surface area (Å²) >= 11 is 3.28. The fraction of sp³-hybridized carbons (Fsp3) is 0.500. The molecule has 0 saturated carbocycles. The van der Waals surface area contributed by atoms with Gasteiger partial charge in [-0.2, -0.15) is 0 Å². The SMILES string of the molecule is Cc1ccc(S(=O)(=O)NCCC(C)C)c(Br)c1. The molecule has 5 heteroatoms. The molecule has 0 aromatic heterocycles. The van der Waals surface area contributed by atoms with Crippen molar-refractivity contribution in [3.05, 3.63) is 28.2 Å². The van der Waals surface area contributed by atoms with Crippen LogP contribution >= 0.6 is 15.9 Å². The average Bonchev–Trinajstić information content (AvgIpc) is 2.15. The fourth-order valence-electron chi connectivity index (χ4n) is 1.38. The molecular formula is C12H18BrNO2S. The minimum atomic E-state index is -3.40. The third-order valence-corrected chi connectivity index (χ3v) is 4.83. The van der Waals surface area contributed by atoms with Gasteiger partial charge in [-0.05, 0) is 52.9 Å². The maximum absolute atomic E-state index is 12.0. The van der Waals surface area contributed by atoms with Crippen molar-refractivity contribution in [3.8, 4) is 0 Å². The maximum atomic E-state index is 12.0. The molecular weight excluding hydrogens is 302 g/mol. The van der Waals surface area contributed by atoms with E-state index in [1.807, 2.05) is 6.92 Å². The van der Waals surface area contributed by atoms with Gasteiger partial charge in [-0.1, -0.05) is 19.9 Å². The Morgan fingerprint density at radius 2 is 2.00 bits per heavy atom. The standard InChI is InChI=1S/C12H18BrNO2S/c1-9(2)6-7-14-17(15,16)12-5-4-10(3)8-11(12)13/h4-5,8-9,14H,6-7H2,1-3H3. The Morgan fingerprint density at radius 3 is 2.53 bits per heavy atom. The summed E-state index contributed by atoms with van der Waals surface area (Å²) < 4.78 is 27.2. The molecule has 1 aromatic rings. The lowest BCUT2D eigenvalue weighted by molar-refractivity contribution is 0.551. The molecule has 0 amide bonds. The third kappa shape index (κ3) is 4.41. The average molecular weight is 320 g/mol. The number of aryl methyl sites for hydroxylation is 1. The smallest absolute Gasteiger partial charge is 0.211 e. The number of rotatable bonds is 5. The van der Waals surface area contributed by atoms with Crippen molar-refractivity contribution in [1.29, 1.82) is 0 Å². The molecule has 3 nitrogen and oxygen atoms in total. The van der Waals surface area contributed by atoms with E-state index in [0.29, 0.717) is 21.8 Å². The molecule has 0 spiro atoms. The highest BCUT2D eigenvalue weighted by atomic mass is 79.9. The van der Waals surface area contributed by atoms with E-state index in [1.165, 1.54) is 0 Å². The number of hydrogen-bond donors (Lipinski definition) is 1. The van der Waals surface area contributed by atoms with Gasteiger partial charge in [-0.3, -0.25) is 0 Å². The summed E-state index contributed by atoms with van der Waals surface area (Å²) in [7, 11) is -3.40. The summed E-state index contributed by atoms with van der Waals surface area (Å²) in [6, 6.07) is 5.22. The van der Waals surface area contributed by atoms with E-state index in [4.69, 9.17) is 0 Å². The molecule has 0 radical (unpaired) electrons. The number of halogens is 1. The Hall–Kier alpha value is -0.390. The molecule has 0 aliphatic rings. The molecule has 0 heterocycles. The van der Waals surface area contributed by atoms with E-state index >= 15 is 0 Å². The minimum absolute atomic E-state index is 0.298. The third-order valence-electron chi connectivity index (χ3n) is 2.39. The molecule has 0 saturated heterocycles. The Balaban J connectivity index is 2.83. The molecule has 1 rings (SSSR count). The van der Waals surface area contributed by atoms with Gasteiger partial charge in [0.05, 0.1) is 4.90 Å². The van der Waals surface area contributed by atoms with Crippen LogP contribution in [0.1, 0.15) is 25.8 Å². The van der Waals surface area contributed by atoms with Crippen LogP contribution in [-0.2, 0) is 10.0 Å². The fourth-order valence-corrected chi connectivity index (χ4v) is 3.62. The molecule has 0 atom stereocenters. The highest BCUT2D eigenvalue weighted by Gasteiger charge is 2.16. The first-order valence-electron chi connectivity index (χ1n) is 5.59. The Bertz CT molecular complexity index is 483. The number of nitrogens with one attached hydrogen (secondary N) is 1. The summed E-state index contributed by atoms with van der Waals surface area (Å²) in [6.45, 7) is 6.53. The molecule has 1 aromatic carbocycles. The molecule has 0 aliphatic carbocycles. The predicted octanol–water partition coefficient (Wildman–Crippen LogP) is 3.08. The van der Waals surface area contributed by atoms with Gasteiger partial charge in [-0.25, -0.2) is 13.1 Å². The van der Waals surface area contributed by atoms with Crippen molar-refractivity contribution < 1.29 is 8.42 Å². The monoisotopic (exact) mass is 319 g/mol. The van der Waals surface area contributed by atoms with Crippen LogP contribution in [0.25, 0.3) is 0 Å². The second-order valence-electron chi connectivity index (χ2n) is 4.51. The molecule has 0 unspecified atom stereocenters. The number of hydrogen-bond acceptors (Lipinski definition) is 2. The Labute approximate surface area is 112 Å². The maximum Gasteiger partial charge on any atom is 0.241 e. The van der Waals surface area contributed by atoms with E-state index in [1.54, 1.807) is 18.2 Å². The van der Waals surface area contributed by atoms with Crippen molar-refractivity contribution >= 4 is 26.0 Å². The van der Waals surface area contributed by atoms with Crippen LogP contribution < -0.4 is 4.72 Å². The summed E-state index contributed by atoms with van der Waals surface area (Å²) in [5, 5.41) is 0. The molecule has 17 heavy (non-hydrogen) atoms. The lowest BCUT2D eigenvalue weighted by Gasteiger charge is -2.10. The van der Waals surface area contributed by atoms with E-state index in [-0.39, 0.29) is 0 Å². The van der Waals surface area contributed by atoms with Crippen LogP contribution in [0.15, 0.2) is 27.6 Å². The molecule has 1 N–H and O–H groups in total. The van der Waals surface area contributed by atoms with Crippen molar-refractivity contribution in [2.24, 2.45) is 5.92 Å². The highest BCUT2D eigenvalue weighted by molar-refractivity contribution is 9.10. The molecule has 0 bridgehead atoms. The van der Waals surface area contributed by atoms with Gasteiger partial charge in [0.25, 0.3) is 0 Å². The van der Waals surface area contributed by atoms with E-state index in [0.717, 1.165) is 12.0 Å². The quantitative estimate of drug-likeness (QED) is 0.906. The second kappa shape index (κ2) is 5.98. The van der Waals surface area contributed by atoms with Crippen LogP contribution in [0.5, 0.6) is 0 Å². The van der Waals surface area contributed by atoms with Crippen molar-refractivity contribution in [1.82, 2.24) is 4.72 Å². The van der Waals surface area contributed by atoms with Gasteiger partial charge in [0.15, 0.2) is 0 Å². The van der Waals surface area contributed by atoms with E-state index < -0.39 is 10.0 Å². The van der Waals surface area contributed by atoms with Crippen molar-refractivity contribution in [2.75, 3.05) is 6.54 Å². The largest absolute Gasteiger partial charge is 0.241 e. The van der Waals surface area contributed by atoms with Gasteiger partial charge in [-0.15, -0.1) is 0 Å². The summed E-state index contributed by atoms with van der Waals surface area (Å²) in [6.07, 6.45) is 0.836. The summed E-state index contributed by atoms with van der Waals surface area (Å²) in [5.41, 5.74) is 1.03. The van der Waals surface area contributed by atoms with Gasteiger partial charge < -0.3 is 0 Å². The number of sulfonamides is 1. The van der Waals surface area contributed by atoms with Gasteiger partial charge >= 0.3 is 0 Å². The highest BCUT2D eigenvalue weighted by Crippen LogP contribution is 2.22. The van der Waals surface area contributed by atoms with Crippen LogP contribution in [0.4, 0.5) is 0 Å². The van der Waals surface area contributed by atoms with Gasteiger partial charge in [0, 0.05) is 11.0 Å². The van der Waals surface area contributed by atoms with Crippen LogP contribution in [-0.4, -0.2) is 15.0 Å². The molecule has 0 aliphatic heterocycles. The normalized spacial score (nSPS) is 12.1. The first-order chi connectivity index (χ1) is 7.83. The zero-order chi connectivity index (χ0) is 13.1. The van der Waals surface area contributed by atoms with Crippen molar-refractivity contribution in [2.45, 2.75) is 32.1 Å². The lowest BCUT2D eigenvalue weighted by atomic mass is 10.1. The number of benzene rings is 1. The minimum Gasteiger partial charge on any atom is -0.211 e. The summed E-state index contributed by atoms with van der Waals surface area (Å²) in [4.78, 5) is 0.298. The zero-order valence-electron chi connectivity index (χ0n) is 10.3. The Kier molecular flexibility index (Phi) is 5.16. The first-order valence-corrected chi connectivity index (χ1v) is 7.86. The first kappa shape index (κ1) is 14.7. The summed E-state index contributed by atoms with van der Waals surface area (Å²) in [5.74, 6) is 0.485. The molecule has 96 valence electrons. The van der Waals surface area contributed by atoms with E-state index in [9.17, 15) is 8.42 Å².